The van der Waals surface area contributed by atoms with E-state index in [-0.39, 0.29) is 0 Å². The first-order valence-electron chi connectivity index (χ1n) is 6.91. The average molecular weight is 289 g/mol. The number of hydrogen-bond donors (Lipinski definition) is 0. The van der Waals surface area contributed by atoms with Gasteiger partial charge >= 0.3 is 0 Å². The maximum absolute atomic E-state index is 5.18. The highest BCUT2D eigenvalue weighted by Gasteiger charge is 1.92. The Kier molecular flexibility index (Phi) is 8.16. The molecule has 0 atom stereocenters. The lowest BCUT2D eigenvalue weighted by molar-refractivity contribution is 0.133. The third-order valence-corrected chi connectivity index (χ3v) is 2.59. The predicted octanol–water partition coefficient (Wildman–Crippen LogP) is 2.86. The zero-order valence-electron chi connectivity index (χ0n) is 13.2. The van der Waals surface area contributed by atoms with E-state index >= 15 is 0 Å². The van der Waals surface area contributed by atoms with Crippen LogP contribution in [0.4, 0.5) is 0 Å². The first kappa shape index (κ1) is 17.2. The van der Waals surface area contributed by atoms with Crippen molar-refractivity contribution in [3.8, 4) is 0 Å². The van der Waals surface area contributed by atoms with Crippen LogP contribution in [0.15, 0.2) is 30.7 Å². The molecule has 0 saturated carbocycles. The SMILES string of the molecule is CCOCc1cnc(C)nc1.COCc1ccc(C)nc1. The van der Waals surface area contributed by atoms with Crippen LogP contribution in [0.5, 0.6) is 0 Å². The van der Waals surface area contributed by atoms with Gasteiger partial charge in [0.2, 0.25) is 0 Å². The summed E-state index contributed by atoms with van der Waals surface area (Å²) in [6.45, 7) is 7.79. The quantitative estimate of drug-likeness (QED) is 0.847. The Morgan fingerprint density at radius 2 is 1.57 bits per heavy atom. The third kappa shape index (κ3) is 7.48. The lowest BCUT2D eigenvalue weighted by Gasteiger charge is -1.99. The van der Waals surface area contributed by atoms with Gasteiger partial charge in [0.05, 0.1) is 13.2 Å². The zero-order chi connectivity index (χ0) is 15.5. The molecule has 0 amide bonds. The second-order valence-electron chi connectivity index (χ2n) is 4.52. The van der Waals surface area contributed by atoms with Crippen molar-refractivity contribution in [2.24, 2.45) is 0 Å². The molecule has 0 radical (unpaired) electrons. The van der Waals surface area contributed by atoms with Crippen LogP contribution in [0.25, 0.3) is 0 Å². The van der Waals surface area contributed by atoms with Gasteiger partial charge in [-0.1, -0.05) is 6.07 Å². The molecular formula is C16H23N3O2. The summed E-state index contributed by atoms with van der Waals surface area (Å²) in [5, 5.41) is 0. The molecule has 0 saturated heterocycles. The number of rotatable bonds is 5. The van der Waals surface area contributed by atoms with Crippen LogP contribution in [0.3, 0.4) is 0 Å². The van der Waals surface area contributed by atoms with Crippen LogP contribution in [0, 0.1) is 13.8 Å². The van der Waals surface area contributed by atoms with E-state index in [0.29, 0.717) is 13.2 Å². The molecule has 0 fully saturated rings. The van der Waals surface area contributed by atoms with E-state index in [1.807, 2.05) is 39.1 Å². The monoisotopic (exact) mass is 289 g/mol. The van der Waals surface area contributed by atoms with Crippen LogP contribution in [-0.4, -0.2) is 28.7 Å². The van der Waals surface area contributed by atoms with E-state index in [9.17, 15) is 0 Å². The number of aromatic nitrogens is 3. The molecule has 0 bridgehead atoms. The van der Waals surface area contributed by atoms with Gasteiger partial charge in [0, 0.05) is 43.6 Å². The highest BCUT2D eigenvalue weighted by atomic mass is 16.5. The molecule has 2 aromatic heterocycles. The number of methoxy groups -OCH3 is 1. The summed E-state index contributed by atoms with van der Waals surface area (Å²) in [5.74, 6) is 0.797. The molecule has 2 heterocycles. The highest BCUT2D eigenvalue weighted by molar-refractivity contribution is 5.11. The van der Waals surface area contributed by atoms with E-state index in [4.69, 9.17) is 9.47 Å². The summed E-state index contributed by atoms with van der Waals surface area (Å²) < 4.78 is 10.1. The summed E-state index contributed by atoms with van der Waals surface area (Å²) in [6, 6.07) is 4.00. The Morgan fingerprint density at radius 3 is 2.10 bits per heavy atom. The lowest BCUT2D eigenvalue weighted by Crippen LogP contribution is -1.95. The molecule has 21 heavy (non-hydrogen) atoms. The molecule has 0 N–H and O–H groups in total. The first-order chi connectivity index (χ1) is 10.2. The Labute approximate surface area is 126 Å². The van der Waals surface area contributed by atoms with Crippen LogP contribution < -0.4 is 0 Å². The van der Waals surface area contributed by atoms with Crippen molar-refractivity contribution in [2.45, 2.75) is 34.0 Å². The predicted molar refractivity (Wildman–Crippen MR) is 81.8 cm³/mol. The number of nitrogens with zero attached hydrogens (tertiary/aromatic N) is 3. The lowest BCUT2D eigenvalue weighted by atomic mass is 10.3. The topological polar surface area (TPSA) is 57.1 Å². The van der Waals surface area contributed by atoms with Crippen molar-refractivity contribution in [3.63, 3.8) is 0 Å². The minimum absolute atomic E-state index is 0.608. The Balaban J connectivity index is 0.000000211. The van der Waals surface area contributed by atoms with E-state index in [0.717, 1.165) is 29.3 Å². The highest BCUT2D eigenvalue weighted by Crippen LogP contribution is 1.99. The van der Waals surface area contributed by atoms with Gasteiger partial charge in [-0.15, -0.1) is 0 Å². The van der Waals surface area contributed by atoms with Crippen LogP contribution >= 0.6 is 0 Å². The van der Waals surface area contributed by atoms with Gasteiger partial charge in [0.1, 0.15) is 5.82 Å². The molecule has 0 aromatic carbocycles. The second-order valence-corrected chi connectivity index (χ2v) is 4.52. The molecule has 0 unspecified atom stereocenters. The molecular weight excluding hydrogens is 266 g/mol. The second kappa shape index (κ2) is 9.96. The number of pyridine rings is 1. The first-order valence-corrected chi connectivity index (χ1v) is 6.91. The van der Waals surface area contributed by atoms with Gasteiger partial charge in [0.15, 0.2) is 0 Å². The van der Waals surface area contributed by atoms with Crippen LogP contribution in [-0.2, 0) is 22.7 Å². The Hall–Kier alpha value is -1.85. The molecule has 0 aliphatic heterocycles. The molecule has 0 aliphatic carbocycles. The molecule has 5 heteroatoms. The molecule has 2 rings (SSSR count). The molecule has 5 nitrogen and oxygen atoms in total. The van der Waals surface area contributed by atoms with E-state index < -0.39 is 0 Å². The maximum Gasteiger partial charge on any atom is 0.125 e. The Bertz CT molecular complexity index is 498. The van der Waals surface area contributed by atoms with E-state index in [1.165, 1.54) is 0 Å². The van der Waals surface area contributed by atoms with Gasteiger partial charge in [-0.05, 0) is 32.4 Å². The standard InChI is InChI=1S/C8H12N2O.C8H11NO/c1-3-11-6-8-4-9-7(2)10-5-8;1-7-3-4-8(5-9-7)6-10-2/h4-5H,3,6H2,1-2H3;3-5H,6H2,1-2H3. The van der Waals surface area contributed by atoms with Gasteiger partial charge in [-0.3, -0.25) is 4.98 Å². The van der Waals surface area contributed by atoms with Crippen LogP contribution in [0.1, 0.15) is 29.6 Å². The number of aryl methyl sites for hydroxylation is 2. The number of hydrogen-bond acceptors (Lipinski definition) is 5. The van der Waals surface area contributed by atoms with Gasteiger partial charge in [0.25, 0.3) is 0 Å². The summed E-state index contributed by atoms with van der Waals surface area (Å²) in [7, 11) is 1.68. The normalized spacial score (nSPS) is 9.90. The van der Waals surface area contributed by atoms with E-state index in [1.54, 1.807) is 19.5 Å². The van der Waals surface area contributed by atoms with Crippen molar-refractivity contribution < 1.29 is 9.47 Å². The summed E-state index contributed by atoms with van der Waals surface area (Å²) in [4.78, 5) is 12.2. The molecule has 2 aromatic rings. The molecule has 0 aliphatic rings. The maximum atomic E-state index is 5.18. The third-order valence-electron chi connectivity index (χ3n) is 2.59. The van der Waals surface area contributed by atoms with Crippen molar-refractivity contribution in [3.05, 3.63) is 53.4 Å². The number of ether oxygens (including phenoxy) is 2. The zero-order valence-corrected chi connectivity index (χ0v) is 13.2. The smallest absolute Gasteiger partial charge is 0.125 e. The summed E-state index contributed by atoms with van der Waals surface area (Å²) in [6.07, 6.45) is 5.41. The fraction of sp³-hybridized carbons (Fsp3) is 0.438. The average Bonchev–Trinajstić information content (AvgIpc) is 2.50. The van der Waals surface area contributed by atoms with Gasteiger partial charge < -0.3 is 9.47 Å². The minimum atomic E-state index is 0.608. The van der Waals surface area contributed by atoms with Crippen molar-refractivity contribution in [2.75, 3.05) is 13.7 Å². The molecule has 0 spiro atoms. The van der Waals surface area contributed by atoms with Crippen molar-refractivity contribution in [1.29, 1.82) is 0 Å². The fourth-order valence-corrected chi connectivity index (χ4v) is 1.46. The summed E-state index contributed by atoms with van der Waals surface area (Å²) in [5.41, 5.74) is 3.19. The Morgan fingerprint density at radius 1 is 0.905 bits per heavy atom. The minimum Gasteiger partial charge on any atom is -0.380 e. The van der Waals surface area contributed by atoms with Gasteiger partial charge in [-0.2, -0.15) is 0 Å². The fourth-order valence-electron chi connectivity index (χ4n) is 1.46. The summed E-state index contributed by atoms with van der Waals surface area (Å²) >= 11 is 0. The largest absolute Gasteiger partial charge is 0.380 e. The van der Waals surface area contributed by atoms with Crippen LogP contribution in [0.2, 0.25) is 0 Å². The van der Waals surface area contributed by atoms with Crippen molar-refractivity contribution in [1.82, 2.24) is 15.0 Å². The van der Waals surface area contributed by atoms with E-state index in [2.05, 4.69) is 15.0 Å². The molecule has 114 valence electrons. The van der Waals surface area contributed by atoms with Gasteiger partial charge in [-0.25, -0.2) is 9.97 Å². The van der Waals surface area contributed by atoms with Crippen molar-refractivity contribution >= 4 is 0 Å².